The Morgan fingerprint density at radius 3 is 2.33 bits per heavy atom. The van der Waals surface area contributed by atoms with Crippen molar-refractivity contribution in [2.24, 2.45) is 0 Å². The molecule has 0 amide bonds. The van der Waals surface area contributed by atoms with Crippen LogP contribution in [0.25, 0.3) is 0 Å². The van der Waals surface area contributed by atoms with Gasteiger partial charge in [-0.15, -0.1) is 0 Å². The van der Waals surface area contributed by atoms with Gasteiger partial charge in [0.1, 0.15) is 5.75 Å². The zero-order valence-corrected chi connectivity index (χ0v) is 11.3. The van der Waals surface area contributed by atoms with Gasteiger partial charge in [-0.2, -0.15) is 0 Å². The molecule has 0 aromatic heterocycles. The Morgan fingerprint density at radius 1 is 1.28 bits per heavy atom. The molecule has 0 aliphatic rings. The number of methoxy groups -OCH3 is 1. The van der Waals surface area contributed by atoms with Gasteiger partial charge in [-0.3, -0.25) is 0 Å². The highest BCUT2D eigenvalue weighted by Gasteiger charge is 2.18. The molecule has 0 bridgehead atoms. The Bertz CT molecular complexity index is 335. The molecule has 4 heteroatoms. The van der Waals surface area contributed by atoms with Gasteiger partial charge in [0.25, 0.3) is 0 Å². The minimum Gasteiger partial charge on any atom is -0.497 e. The van der Waals surface area contributed by atoms with Crippen molar-refractivity contribution >= 4 is 0 Å². The van der Waals surface area contributed by atoms with Gasteiger partial charge in [0.05, 0.1) is 19.8 Å². The van der Waals surface area contributed by atoms with Crippen LogP contribution in [0, 0.1) is 0 Å². The summed E-state index contributed by atoms with van der Waals surface area (Å²) in [7, 11) is 1.61. The molecule has 102 valence electrons. The average Bonchev–Trinajstić information content (AvgIpc) is 2.43. The molecule has 0 radical (unpaired) electrons. The van der Waals surface area contributed by atoms with Gasteiger partial charge in [0.2, 0.25) is 0 Å². The maximum absolute atomic E-state index is 10.2. The third kappa shape index (κ3) is 3.98. The standard InChI is InChI=1S/C14H23NO3/c1-4-12(9-16)15-10(2)14(17)11-5-7-13(18-3)8-6-11/h5-8,10,12,14-17H,4,9H2,1-3H3. The second-order valence-corrected chi connectivity index (χ2v) is 4.46. The van der Waals surface area contributed by atoms with Crippen molar-refractivity contribution in [3.63, 3.8) is 0 Å². The average molecular weight is 253 g/mol. The van der Waals surface area contributed by atoms with Crippen LogP contribution in [-0.4, -0.2) is 36.0 Å². The minimum absolute atomic E-state index is 0.0212. The van der Waals surface area contributed by atoms with E-state index in [4.69, 9.17) is 9.84 Å². The van der Waals surface area contributed by atoms with E-state index in [-0.39, 0.29) is 18.7 Å². The normalized spacial score (nSPS) is 16.1. The van der Waals surface area contributed by atoms with E-state index in [1.807, 2.05) is 38.1 Å². The van der Waals surface area contributed by atoms with Crippen molar-refractivity contribution in [3.05, 3.63) is 29.8 Å². The monoisotopic (exact) mass is 253 g/mol. The number of nitrogens with one attached hydrogen (secondary N) is 1. The number of aliphatic hydroxyl groups excluding tert-OH is 2. The van der Waals surface area contributed by atoms with Crippen LogP contribution in [0.3, 0.4) is 0 Å². The van der Waals surface area contributed by atoms with Crippen molar-refractivity contribution in [1.29, 1.82) is 0 Å². The fraction of sp³-hybridized carbons (Fsp3) is 0.571. The number of hydrogen-bond donors (Lipinski definition) is 3. The van der Waals surface area contributed by atoms with Crippen molar-refractivity contribution in [1.82, 2.24) is 5.32 Å². The van der Waals surface area contributed by atoms with Gasteiger partial charge in [-0.25, -0.2) is 0 Å². The Labute approximate surface area is 109 Å². The number of ether oxygens (including phenoxy) is 1. The van der Waals surface area contributed by atoms with Gasteiger partial charge in [-0.1, -0.05) is 19.1 Å². The summed E-state index contributed by atoms with van der Waals surface area (Å²) in [6.07, 6.45) is 0.229. The van der Waals surface area contributed by atoms with Gasteiger partial charge >= 0.3 is 0 Å². The fourth-order valence-electron chi connectivity index (χ4n) is 1.85. The number of aliphatic hydroxyl groups is 2. The molecule has 3 unspecified atom stereocenters. The molecule has 3 atom stereocenters. The number of rotatable bonds is 7. The first-order valence-electron chi connectivity index (χ1n) is 6.31. The van der Waals surface area contributed by atoms with E-state index < -0.39 is 6.10 Å². The molecular formula is C14H23NO3. The van der Waals surface area contributed by atoms with Crippen LogP contribution >= 0.6 is 0 Å². The summed E-state index contributed by atoms with van der Waals surface area (Å²) in [6, 6.07) is 7.26. The largest absolute Gasteiger partial charge is 0.497 e. The first kappa shape index (κ1) is 15.0. The number of hydrogen-bond acceptors (Lipinski definition) is 4. The summed E-state index contributed by atoms with van der Waals surface area (Å²) in [4.78, 5) is 0. The molecule has 1 aromatic carbocycles. The maximum Gasteiger partial charge on any atom is 0.118 e. The van der Waals surface area contributed by atoms with E-state index in [1.54, 1.807) is 7.11 Å². The molecule has 0 heterocycles. The van der Waals surface area contributed by atoms with Crippen LogP contribution in [0.5, 0.6) is 5.75 Å². The SMILES string of the molecule is CCC(CO)NC(C)C(O)c1ccc(OC)cc1. The predicted molar refractivity (Wildman–Crippen MR) is 71.7 cm³/mol. The molecule has 1 rings (SSSR count). The Kier molecular flexibility index (Phi) is 6.12. The Hall–Kier alpha value is -1.10. The highest BCUT2D eigenvalue weighted by Crippen LogP contribution is 2.20. The smallest absolute Gasteiger partial charge is 0.118 e. The summed E-state index contributed by atoms with van der Waals surface area (Å²) < 4.78 is 5.08. The Balaban J connectivity index is 2.64. The van der Waals surface area contributed by atoms with E-state index in [1.165, 1.54) is 0 Å². The lowest BCUT2D eigenvalue weighted by atomic mass is 10.0. The zero-order valence-electron chi connectivity index (χ0n) is 11.3. The molecule has 1 aromatic rings. The highest BCUT2D eigenvalue weighted by molar-refractivity contribution is 5.29. The van der Waals surface area contributed by atoms with Crippen LogP contribution in [0.2, 0.25) is 0 Å². The summed E-state index contributed by atoms with van der Waals surface area (Å²) in [6.45, 7) is 3.99. The fourth-order valence-corrected chi connectivity index (χ4v) is 1.85. The van der Waals surface area contributed by atoms with Gasteiger partial charge in [0.15, 0.2) is 0 Å². The third-order valence-electron chi connectivity index (χ3n) is 3.14. The minimum atomic E-state index is -0.600. The van der Waals surface area contributed by atoms with Crippen molar-refractivity contribution in [2.45, 2.75) is 38.5 Å². The van der Waals surface area contributed by atoms with E-state index in [2.05, 4.69) is 5.32 Å². The quantitative estimate of drug-likeness (QED) is 0.689. The third-order valence-corrected chi connectivity index (χ3v) is 3.14. The molecule has 4 nitrogen and oxygen atoms in total. The number of benzene rings is 1. The lowest BCUT2D eigenvalue weighted by Crippen LogP contribution is -2.41. The Morgan fingerprint density at radius 2 is 1.89 bits per heavy atom. The van der Waals surface area contributed by atoms with Crippen LogP contribution in [0.4, 0.5) is 0 Å². The van der Waals surface area contributed by atoms with Crippen LogP contribution < -0.4 is 10.1 Å². The van der Waals surface area contributed by atoms with Crippen LogP contribution in [-0.2, 0) is 0 Å². The summed E-state index contributed by atoms with van der Waals surface area (Å²) >= 11 is 0. The van der Waals surface area contributed by atoms with Crippen molar-refractivity contribution in [3.8, 4) is 5.75 Å². The van der Waals surface area contributed by atoms with E-state index in [0.29, 0.717) is 0 Å². The molecular weight excluding hydrogens is 230 g/mol. The van der Waals surface area contributed by atoms with Crippen molar-refractivity contribution < 1.29 is 14.9 Å². The van der Waals surface area contributed by atoms with Gasteiger partial charge < -0.3 is 20.3 Å². The molecule has 0 aliphatic heterocycles. The molecule has 18 heavy (non-hydrogen) atoms. The zero-order chi connectivity index (χ0) is 13.5. The maximum atomic E-state index is 10.2. The predicted octanol–water partition coefficient (Wildman–Crippen LogP) is 1.48. The van der Waals surface area contributed by atoms with Gasteiger partial charge in [-0.05, 0) is 31.0 Å². The van der Waals surface area contributed by atoms with Crippen LogP contribution in [0.1, 0.15) is 31.9 Å². The molecule has 0 fully saturated rings. The lowest BCUT2D eigenvalue weighted by molar-refractivity contribution is 0.118. The van der Waals surface area contributed by atoms with E-state index in [0.717, 1.165) is 17.7 Å². The molecule has 3 N–H and O–H groups in total. The van der Waals surface area contributed by atoms with E-state index >= 15 is 0 Å². The molecule has 0 aliphatic carbocycles. The molecule has 0 saturated carbocycles. The van der Waals surface area contributed by atoms with E-state index in [9.17, 15) is 5.11 Å². The second kappa shape index (κ2) is 7.36. The summed E-state index contributed by atoms with van der Waals surface area (Å²) in [5, 5.41) is 22.6. The topological polar surface area (TPSA) is 61.7 Å². The summed E-state index contributed by atoms with van der Waals surface area (Å²) in [5.41, 5.74) is 0.837. The first-order valence-corrected chi connectivity index (χ1v) is 6.31. The van der Waals surface area contributed by atoms with Gasteiger partial charge in [0, 0.05) is 12.1 Å². The second-order valence-electron chi connectivity index (χ2n) is 4.46. The lowest BCUT2D eigenvalue weighted by Gasteiger charge is -2.25. The first-order chi connectivity index (χ1) is 8.62. The highest BCUT2D eigenvalue weighted by atomic mass is 16.5. The molecule has 0 saturated heterocycles. The van der Waals surface area contributed by atoms with Crippen LogP contribution in [0.15, 0.2) is 24.3 Å². The molecule has 0 spiro atoms. The summed E-state index contributed by atoms with van der Waals surface area (Å²) in [5.74, 6) is 0.772. The van der Waals surface area contributed by atoms with Crippen molar-refractivity contribution in [2.75, 3.05) is 13.7 Å².